The summed E-state index contributed by atoms with van der Waals surface area (Å²) in [5, 5.41) is 4.78. The standard InChI is InChI=1S/C33H37F3N4O4/c1-3-17-40(31(42)37-21-25-11-13-27(14-12-25)33(34,35)36)28-15-18-39(19-16-28)44-32(26-8-5-4-6-9-26)23-38(22-24(32)2)30(41)29-10-7-20-43-29/h3-14,20,24,28H,1,15-19,21-23H2,2H3,(H,37,42)/t24-,32+/m0/s1. The van der Waals surface area contributed by atoms with Gasteiger partial charge in [0.05, 0.1) is 18.4 Å². The maximum absolute atomic E-state index is 13.2. The van der Waals surface area contributed by atoms with E-state index in [1.54, 1.807) is 28.0 Å². The van der Waals surface area contributed by atoms with Crippen LogP contribution in [0.1, 0.15) is 47.0 Å². The van der Waals surface area contributed by atoms with Crippen molar-refractivity contribution < 1.29 is 32.0 Å². The van der Waals surface area contributed by atoms with Crippen LogP contribution in [0.4, 0.5) is 18.0 Å². The molecular formula is C33H37F3N4O4. The molecule has 3 heterocycles. The number of nitrogens with zero attached hydrogens (tertiary/aromatic N) is 3. The molecule has 8 nitrogen and oxygen atoms in total. The van der Waals surface area contributed by atoms with Gasteiger partial charge in [0.2, 0.25) is 0 Å². The van der Waals surface area contributed by atoms with Crippen molar-refractivity contribution in [3.05, 3.63) is 108 Å². The van der Waals surface area contributed by atoms with Crippen molar-refractivity contribution in [3.63, 3.8) is 0 Å². The number of alkyl halides is 3. The molecule has 0 bridgehead atoms. The Morgan fingerprint density at radius 3 is 2.41 bits per heavy atom. The number of hydrogen-bond donors (Lipinski definition) is 1. The summed E-state index contributed by atoms with van der Waals surface area (Å²) in [7, 11) is 0. The van der Waals surface area contributed by atoms with Crippen LogP contribution in [0.2, 0.25) is 0 Å². The number of hydrogen-bond acceptors (Lipinski definition) is 5. The Kier molecular flexibility index (Phi) is 9.45. The Morgan fingerprint density at radius 1 is 1.09 bits per heavy atom. The number of likely N-dealkylation sites (tertiary alicyclic amines) is 1. The van der Waals surface area contributed by atoms with Crippen molar-refractivity contribution in [2.45, 2.75) is 44.1 Å². The highest BCUT2D eigenvalue weighted by Gasteiger charge is 2.50. The number of amides is 3. The second kappa shape index (κ2) is 13.3. The Hall–Kier alpha value is -4.09. The summed E-state index contributed by atoms with van der Waals surface area (Å²) in [6.45, 7) is 8.34. The second-order valence-corrected chi connectivity index (χ2v) is 11.4. The van der Waals surface area contributed by atoms with Crippen LogP contribution in [0.3, 0.4) is 0 Å². The summed E-state index contributed by atoms with van der Waals surface area (Å²) >= 11 is 0. The van der Waals surface area contributed by atoms with E-state index in [2.05, 4.69) is 18.8 Å². The van der Waals surface area contributed by atoms with Crippen LogP contribution in [-0.4, -0.2) is 65.6 Å². The van der Waals surface area contributed by atoms with E-state index in [-0.39, 0.29) is 30.4 Å². The fourth-order valence-electron chi connectivity index (χ4n) is 6.06. The predicted molar refractivity (Wildman–Crippen MR) is 158 cm³/mol. The van der Waals surface area contributed by atoms with Crippen LogP contribution >= 0.6 is 0 Å². The number of hydroxylamine groups is 2. The van der Waals surface area contributed by atoms with Crippen molar-refractivity contribution in [1.82, 2.24) is 20.2 Å². The maximum Gasteiger partial charge on any atom is 0.416 e. The van der Waals surface area contributed by atoms with Gasteiger partial charge in [-0.15, -0.1) is 6.58 Å². The Morgan fingerprint density at radius 2 is 1.80 bits per heavy atom. The first-order valence-electron chi connectivity index (χ1n) is 14.7. The Labute approximate surface area is 255 Å². The zero-order chi connectivity index (χ0) is 31.3. The van der Waals surface area contributed by atoms with Crippen LogP contribution in [0.25, 0.3) is 0 Å². The van der Waals surface area contributed by atoms with E-state index >= 15 is 0 Å². The summed E-state index contributed by atoms with van der Waals surface area (Å²) in [5.74, 6) is 0.111. The molecule has 0 saturated carbocycles. The monoisotopic (exact) mass is 610 g/mol. The van der Waals surface area contributed by atoms with Gasteiger partial charge in [0.1, 0.15) is 5.60 Å². The van der Waals surface area contributed by atoms with E-state index in [9.17, 15) is 22.8 Å². The van der Waals surface area contributed by atoms with E-state index in [1.165, 1.54) is 18.4 Å². The molecule has 0 unspecified atom stereocenters. The average molecular weight is 611 g/mol. The van der Waals surface area contributed by atoms with Crippen LogP contribution in [0, 0.1) is 5.92 Å². The summed E-state index contributed by atoms with van der Waals surface area (Å²) in [6.07, 6.45) is 0.0400. The minimum absolute atomic E-state index is 0.00484. The van der Waals surface area contributed by atoms with Gasteiger partial charge in [-0.25, -0.2) is 4.79 Å². The number of nitrogens with one attached hydrogen (secondary N) is 1. The van der Waals surface area contributed by atoms with E-state index < -0.39 is 17.3 Å². The highest BCUT2D eigenvalue weighted by molar-refractivity contribution is 5.91. The van der Waals surface area contributed by atoms with Crippen molar-refractivity contribution in [1.29, 1.82) is 0 Å². The number of carbonyl (C=O) groups excluding carboxylic acids is 2. The summed E-state index contributed by atoms with van der Waals surface area (Å²) < 4.78 is 44.0. The molecule has 0 aliphatic carbocycles. The molecule has 2 saturated heterocycles. The number of benzene rings is 2. The predicted octanol–water partition coefficient (Wildman–Crippen LogP) is 6.08. The minimum Gasteiger partial charge on any atom is -0.459 e. The summed E-state index contributed by atoms with van der Waals surface area (Å²) in [4.78, 5) is 36.6. The normalized spacial score (nSPS) is 21.3. The third-order valence-electron chi connectivity index (χ3n) is 8.47. The lowest BCUT2D eigenvalue weighted by Crippen LogP contribution is -2.52. The van der Waals surface area contributed by atoms with Crippen molar-refractivity contribution in [3.8, 4) is 0 Å². The molecule has 0 spiro atoms. The van der Waals surface area contributed by atoms with Gasteiger partial charge in [0.15, 0.2) is 5.76 Å². The molecular weight excluding hydrogens is 573 g/mol. The first kappa shape index (κ1) is 31.3. The third kappa shape index (κ3) is 6.84. The van der Waals surface area contributed by atoms with Crippen molar-refractivity contribution in [2.24, 2.45) is 5.92 Å². The zero-order valence-corrected chi connectivity index (χ0v) is 24.6. The fourth-order valence-corrected chi connectivity index (χ4v) is 6.06. The van der Waals surface area contributed by atoms with Crippen LogP contribution in [0.5, 0.6) is 0 Å². The van der Waals surface area contributed by atoms with E-state index in [4.69, 9.17) is 9.25 Å². The van der Waals surface area contributed by atoms with Gasteiger partial charge in [-0.3, -0.25) is 9.63 Å². The summed E-state index contributed by atoms with van der Waals surface area (Å²) in [6, 6.07) is 17.7. The quantitative estimate of drug-likeness (QED) is 0.297. The highest BCUT2D eigenvalue weighted by atomic mass is 19.4. The number of halogens is 3. The van der Waals surface area contributed by atoms with E-state index in [0.717, 1.165) is 17.7 Å². The van der Waals surface area contributed by atoms with Gasteiger partial charge >= 0.3 is 12.2 Å². The molecule has 5 rings (SSSR count). The number of carbonyl (C=O) groups is 2. The van der Waals surface area contributed by atoms with Crippen molar-refractivity contribution in [2.75, 3.05) is 32.7 Å². The molecule has 1 aromatic heterocycles. The maximum atomic E-state index is 13.2. The minimum atomic E-state index is -4.41. The van der Waals surface area contributed by atoms with Gasteiger partial charge < -0.3 is 19.5 Å². The first-order chi connectivity index (χ1) is 21.1. The first-order valence-corrected chi connectivity index (χ1v) is 14.7. The molecule has 2 fully saturated rings. The zero-order valence-electron chi connectivity index (χ0n) is 24.6. The van der Waals surface area contributed by atoms with Gasteiger partial charge in [-0.1, -0.05) is 55.5 Å². The molecule has 0 radical (unpaired) electrons. The molecule has 1 N–H and O–H groups in total. The number of furan rings is 1. The smallest absolute Gasteiger partial charge is 0.416 e. The molecule has 3 aromatic rings. The lowest BCUT2D eigenvalue weighted by atomic mass is 9.85. The Balaban J connectivity index is 1.22. The van der Waals surface area contributed by atoms with Crippen LogP contribution in [-0.2, 0) is 23.2 Å². The van der Waals surface area contributed by atoms with E-state index in [0.29, 0.717) is 56.9 Å². The summed E-state index contributed by atoms with van der Waals surface area (Å²) in [5.41, 5.74) is 0.0773. The molecule has 2 aliphatic rings. The van der Waals surface area contributed by atoms with Gasteiger partial charge in [0, 0.05) is 44.7 Å². The second-order valence-electron chi connectivity index (χ2n) is 11.4. The van der Waals surface area contributed by atoms with Crippen LogP contribution < -0.4 is 5.32 Å². The Bertz CT molecular complexity index is 1410. The highest BCUT2D eigenvalue weighted by Crippen LogP contribution is 2.42. The van der Waals surface area contributed by atoms with Gasteiger partial charge in [0.25, 0.3) is 5.91 Å². The van der Waals surface area contributed by atoms with Gasteiger partial charge in [-0.2, -0.15) is 18.2 Å². The SMILES string of the molecule is C=CCN(C(=O)NCc1ccc(C(F)(F)F)cc1)C1CCN(O[C@]2(c3ccccc3)CN(C(=O)c3ccco3)C[C@@H]2C)CC1. The number of urea groups is 1. The number of rotatable bonds is 9. The molecule has 2 atom stereocenters. The van der Waals surface area contributed by atoms with E-state index in [1.807, 2.05) is 35.4 Å². The van der Waals surface area contributed by atoms with Crippen LogP contribution in [0.15, 0.2) is 90.1 Å². The molecule has 234 valence electrons. The lowest BCUT2D eigenvalue weighted by molar-refractivity contribution is -0.268. The molecule has 2 aromatic carbocycles. The lowest BCUT2D eigenvalue weighted by Gasteiger charge is -2.42. The molecule has 11 heteroatoms. The van der Waals surface area contributed by atoms with Crippen molar-refractivity contribution >= 4 is 11.9 Å². The molecule has 44 heavy (non-hydrogen) atoms. The third-order valence-corrected chi connectivity index (χ3v) is 8.47. The average Bonchev–Trinajstić information content (AvgIpc) is 3.68. The molecule has 3 amide bonds. The molecule has 2 aliphatic heterocycles. The fraction of sp³-hybridized carbons (Fsp3) is 0.394. The largest absolute Gasteiger partial charge is 0.459 e. The topological polar surface area (TPSA) is 78.3 Å². The number of piperidine rings is 1. The van der Waals surface area contributed by atoms with Gasteiger partial charge in [-0.05, 0) is 48.2 Å².